The standard InChI is InChI=1S/C12H20NSi.2ClH.Zr/c1-14(2,3)13-12-9-8-10-6-4-5-7-11(10)12;;;/h4-7,10-12H,8-9H2,1-3H3;2*1H;/q-1;;;+3/p-2. The van der Waals surface area contributed by atoms with Gasteiger partial charge in [-0.05, 0) is 18.3 Å². The summed E-state index contributed by atoms with van der Waals surface area (Å²) < 4.78 is 0. The third kappa shape index (κ3) is 5.74. The molecule has 0 aromatic heterocycles. The Balaban J connectivity index is 0. The van der Waals surface area contributed by atoms with Gasteiger partial charge in [0.2, 0.25) is 0 Å². The van der Waals surface area contributed by atoms with Gasteiger partial charge in [0.15, 0.2) is 0 Å². The quantitative estimate of drug-likeness (QED) is 0.488. The van der Waals surface area contributed by atoms with E-state index in [0.29, 0.717) is 12.0 Å². The molecule has 1 nitrogen and oxygen atoms in total. The van der Waals surface area contributed by atoms with E-state index in [1.54, 1.807) is 0 Å². The van der Waals surface area contributed by atoms with Crippen molar-refractivity contribution >= 4 is 8.24 Å². The van der Waals surface area contributed by atoms with Gasteiger partial charge in [-0.2, -0.15) is 0 Å². The fraction of sp³-hybridized carbons (Fsp3) is 0.667. The number of fused-ring (bicyclic) bond motifs is 1. The van der Waals surface area contributed by atoms with E-state index in [4.69, 9.17) is 4.98 Å². The maximum absolute atomic E-state index is 5.05. The van der Waals surface area contributed by atoms with Crippen molar-refractivity contribution in [1.29, 1.82) is 0 Å². The van der Waals surface area contributed by atoms with Crippen molar-refractivity contribution in [2.75, 3.05) is 0 Å². The Hall–Kier alpha value is 1.12. The van der Waals surface area contributed by atoms with Crippen molar-refractivity contribution in [2.45, 2.75) is 38.5 Å². The first-order valence-electron chi connectivity index (χ1n) is 5.63. The maximum Gasteiger partial charge on any atom is 3.00 e. The average molecular weight is 369 g/mol. The first-order chi connectivity index (χ1) is 6.56. The number of halogens is 2. The fourth-order valence-corrected chi connectivity index (χ4v) is 3.87. The van der Waals surface area contributed by atoms with Gasteiger partial charge in [0, 0.05) is 0 Å². The first kappa shape index (κ1) is 20.4. The Kier molecular flexibility index (Phi) is 10.0. The molecular weight excluding hydrogens is 348 g/mol. The van der Waals surface area contributed by atoms with Crippen LogP contribution in [0, 0.1) is 11.8 Å². The largest absolute Gasteiger partial charge is 3.00 e. The molecule has 0 aliphatic heterocycles. The van der Waals surface area contributed by atoms with Crippen LogP contribution in [0.3, 0.4) is 0 Å². The monoisotopic (exact) mass is 366 g/mol. The number of allylic oxidation sites excluding steroid dienone is 3. The van der Waals surface area contributed by atoms with Crippen molar-refractivity contribution in [3.8, 4) is 0 Å². The minimum atomic E-state index is -1.23. The molecule has 1 radical (unpaired) electrons. The second kappa shape index (κ2) is 8.32. The third-order valence-corrected chi connectivity index (χ3v) is 4.20. The van der Waals surface area contributed by atoms with Gasteiger partial charge < -0.3 is 29.8 Å². The molecule has 0 aromatic carbocycles. The van der Waals surface area contributed by atoms with Crippen LogP contribution < -0.4 is 24.8 Å². The van der Waals surface area contributed by atoms with Gasteiger partial charge >= 0.3 is 26.2 Å². The molecule has 2 aliphatic carbocycles. The van der Waals surface area contributed by atoms with E-state index in [1.807, 2.05) is 0 Å². The summed E-state index contributed by atoms with van der Waals surface area (Å²) in [6.07, 6.45) is 11.8. The number of hydrogen-bond donors (Lipinski definition) is 0. The average Bonchev–Trinajstić information content (AvgIpc) is 2.47. The van der Waals surface area contributed by atoms with Crippen LogP contribution in [0.25, 0.3) is 4.98 Å². The Morgan fingerprint density at radius 2 is 1.59 bits per heavy atom. The van der Waals surface area contributed by atoms with E-state index >= 15 is 0 Å². The Bertz CT molecular complexity index is 276. The van der Waals surface area contributed by atoms with Crippen LogP contribution in [-0.4, -0.2) is 14.3 Å². The van der Waals surface area contributed by atoms with Crippen molar-refractivity contribution in [1.82, 2.24) is 0 Å². The third-order valence-electron chi connectivity index (χ3n) is 3.09. The van der Waals surface area contributed by atoms with E-state index in [0.717, 1.165) is 5.92 Å². The molecule has 0 bridgehead atoms. The van der Waals surface area contributed by atoms with E-state index < -0.39 is 8.24 Å². The Morgan fingerprint density at radius 3 is 2.18 bits per heavy atom. The second-order valence-electron chi connectivity index (χ2n) is 5.46. The van der Waals surface area contributed by atoms with E-state index in [2.05, 4.69) is 43.9 Å². The van der Waals surface area contributed by atoms with Gasteiger partial charge in [0.05, 0.1) is 0 Å². The molecule has 1 fully saturated rings. The summed E-state index contributed by atoms with van der Waals surface area (Å²) in [5.41, 5.74) is 0. The summed E-state index contributed by atoms with van der Waals surface area (Å²) >= 11 is 0. The molecule has 0 heterocycles. The molecule has 5 heteroatoms. The molecule has 3 atom stereocenters. The van der Waals surface area contributed by atoms with Gasteiger partial charge in [-0.25, -0.2) is 0 Å². The molecule has 0 N–H and O–H groups in total. The summed E-state index contributed by atoms with van der Waals surface area (Å²) in [5, 5.41) is 0. The van der Waals surface area contributed by atoms with Gasteiger partial charge in [-0.3, -0.25) is 0 Å². The smallest absolute Gasteiger partial charge is 1.00 e. The summed E-state index contributed by atoms with van der Waals surface area (Å²) in [4.78, 5) is 5.05. The van der Waals surface area contributed by atoms with E-state index in [9.17, 15) is 0 Å². The van der Waals surface area contributed by atoms with Crippen molar-refractivity contribution in [3.05, 3.63) is 29.3 Å². The normalized spacial score (nSPS) is 29.7. The van der Waals surface area contributed by atoms with Crippen LogP contribution in [0.15, 0.2) is 24.3 Å². The number of rotatable bonds is 2. The Morgan fingerprint density at radius 1 is 1.00 bits per heavy atom. The molecule has 1 saturated carbocycles. The van der Waals surface area contributed by atoms with Gasteiger partial charge in [0.1, 0.15) is 0 Å². The SMILES string of the molecule is C[Si](C)(C)[N-]C1CCC2C=CC=CC21.[Cl-].[Cl-].[Zr+3]. The number of nitrogens with zero attached hydrogens (tertiary/aromatic N) is 1. The Labute approximate surface area is 138 Å². The van der Waals surface area contributed by atoms with Crippen LogP contribution in [-0.2, 0) is 26.2 Å². The fourth-order valence-electron chi connectivity index (χ4n) is 2.58. The summed E-state index contributed by atoms with van der Waals surface area (Å²) in [5.74, 6) is 1.50. The molecule has 0 aromatic rings. The van der Waals surface area contributed by atoms with Gasteiger partial charge in [-0.1, -0.05) is 58.6 Å². The van der Waals surface area contributed by atoms with Crippen LogP contribution in [0.2, 0.25) is 19.6 Å². The molecule has 2 rings (SSSR count). The van der Waals surface area contributed by atoms with Crippen LogP contribution in [0.1, 0.15) is 12.8 Å². The molecule has 3 unspecified atom stereocenters. The van der Waals surface area contributed by atoms with Crippen LogP contribution >= 0.6 is 0 Å². The molecule has 0 saturated heterocycles. The zero-order valence-corrected chi connectivity index (χ0v) is 15.6. The van der Waals surface area contributed by atoms with Gasteiger partial charge in [-0.15, -0.1) is 6.04 Å². The minimum Gasteiger partial charge on any atom is -1.00 e. The molecule has 0 spiro atoms. The van der Waals surface area contributed by atoms with Gasteiger partial charge in [0.25, 0.3) is 0 Å². The summed E-state index contributed by atoms with van der Waals surface area (Å²) in [6, 6.07) is 0.618. The first-order valence-corrected chi connectivity index (χ1v) is 9.08. The molecular formula is C12H20Cl2NSiZr. The second-order valence-corrected chi connectivity index (χ2v) is 10.1. The molecule has 95 valence electrons. The van der Waals surface area contributed by atoms with Crippen molar-refractivity contribution in [3.63, 3.8) is 0 Å². The van der Waals surface area contributed by atoms with Crippen molar-refractivity contribution in [2.24, 2.45) is 11.8 Å². The van der Waals surface area contributed by atoms with E-state index in [-0.39, 0.29) is 51.0 Å². The zero-order chi connectivity index (χ0) is 10.2. The van der Waals surface area contributed by atoms with Crippen molar-refractivity contribution < 1.29 is 51.0 Å². The van der Waals surface area contributed by atoms with Crippen LogP contribution in [0.4, 0.5) is 0 Å². The van der Waals surface area contributed by atoms with Crippen LogP contribution in [0.5, 0.6) is 0 Å². The summed E-state index contributed by atoms with van der Waals surface area (Å²) in [7, 11) is -1.23. The minimum absolute atomic E-state index is 0. The molecule has 0 amide bonds. The maximum atomic E-state index is 5.05. The number of hydrogen-bond acceptors (Lipinski definition) is 0. The summed E-state index contributed by atoms with van der Waals surface area (Å²) in [6.45, 7) is 7.01. The molecule has 2 aliphatic rings. The van der Waals surface area contributed by atoms with E-state index in [1.165, 1.54) is 12.8 Å². The zero-order valence-electron chi connectivity index (χ0n) is 10.7. The topological polar surface area (TPSA) is 14.1 Å². The molecule has 17 heavy (non-hydrogen) atoms. The predicted molar refractivity (Wildman–Crippen MR) is 65.0 cm³/mol. The predicted octanol–water partition coefficient (Wildman–Crippen LogP) is -2.28.